The molecule has 2 aromatic heterocycles. The van der Waals surface area contributed by atoms with Crippen LogP contribution in [0.15, 0.2) is 57.8 Å². The van der Waals surface area contributed by atoms with E-state index in [1.54, 1.807) is 6.07 Å². The summed E-state index contributed by atoms with van der Waals surface area (Å²) in [7, 11) is 0. The van der Waals surface area contributed by atoms with Gasteiger partial charge in [0.2, 0.25) is 5.82 Å². The van der Waals surface area contributed by atoms with Gasteiger partial charge in [0.1, 0.15) is 0 Å². The largest absolute Gasteiger partial charge is 0.334 e. The van der Waals surface area contributed by atoms with Gasteiger partial charge in [0.15, 0.2) is 0 Å². The van der Waals surface area contributed by atoms with E-state index >= 15 is 0 Å². The zero-order valence-electron chi connectivity index (χ0n) is 13.3. The van der Waals surface area contributed by atoms with Crippen molar-refractivity contribution in [2.45, 2.75) is 13.8 Å². The molecular weight excluding hydrogens is 302 g/mol. The van der Waals surface area contributed by atoms with Crippen molar-refractivity contribution in [1.82, 2.24) is 15.1 Å². The molecule has 1 N–H and O–H groups in total. The maximum atomic E-state index is 12.4. The number of rotatable bonds is 2. The second kappa shape index (κ2) is 5.45. The molecule has 0 amide bonds. The number of aromatic amines is 1. The Labute approximate surface area is 138 Å². The summed E-state index contributed by atoms with van der Waals surface area (Å²) in [5.41, 5.74) is 3.99. The van der Waals surface area contributed by atoms with Crippen LogP contribution in [0.2, 0.25) is 0 Å². The lowest BCUT2D eigenvalue weighted by Gasteiger charge is -2.01. The molecule has 2 aromatic carbocycles. The van der Waals surface area contributed by atoms with Gasteiger partial charge in [-0.1, -0.05) is 35.0 Å². The molecule has 0 atom stereocenters. The van der Waals surface area contributed by atoms with Crippen LogP contribution in [0.3, 0.4) is 0 Å². The van der Waals surface area contributed by atoms with Gasteiger partial charge in [-0.3, -0.25) is 4.79 Å². The van der Waals surface area contributed by atoms with Gasteiger partial charge in [0, 0.05) is 11.1 Å². The zero-order valence-corrected chi connectivity index (χ0v) is 13.3. The molecular formula is C19H15N3O2. The third-order valence-corrected chi connectivity index (χ3v) is 3.93. The molecule has 4 aromatic rings. The van der Waals surface area contributed by atoms with E-state index in [0.29, 0.717) is 11.5 Å². The Morgan fingerprint density at radius 1 is 1.00 bits per heavy atom. The number of nitrogens with one attached hydrogen (secondary N) is 1. The second-order valence-electron chi connectivity index (χ2n) is 5.90. The van der Waals surface area contributed by atoms with Crippen LogP contribution >= 0.6 is 0 Å². The normalized spacial score (nSPS) is 11.1. The average Bonchev–Trinajstić information content (AvgIpc) is 3.04. The first-order valence-electron chi connectivity index (χ1n) is 7.65. The molecule has 0 saturated carbocycles. The molecule has 24 heavy (non-hydrogen) atoms. The molecule has 0 radical (unpaired) electrons. The van der Waals surface area contributed by atoms with E-state index in [0.717, 1.165) is 27.6 Å². The van der Waals surface area contributed by atoms with Gasteiger partial charge in [-0.05, 0) is 49.1 Å². The maximum Gasteiger partial charge on any atom is 0.259 e. The summed E-state index contributed by atoms with van der Waals surface area (Å²) in [6.07, 6.45) is 0. The van der Waals surface area contributed by atoms with Crippen molar-refractivity contribution < 1.29 is 4.52 Å². The van der Waals surface area contributed by atoms with Crippen LogP contribution in [0, 0.1) is 13.8 Å². The number of benzene rings is 2. The van der Waals surface area contributed by atoms with E-state index in [2.05, 4.69) is 15.1 Å². The molecule has 0 spiro atoms. The highest BCUT2D eigenvalue weighted by molar-refractivity contribution is 5.83. The molecule has 5 nitrogen and oxygen atoms in total. The molecule has 0 unspecified atom stereocenters. The third kappa shape index (κ3) is 2.50. The topological polar surface area (TPSA) is 71.8 Å². The first-order chi connectivity index (χ1) is 11.6. The van der Waals surface area contributed by atoms with Gasteiger partial charge < -0.3 is 9.51 Å². The molecule has 0 saturated heterocycles. The fourth-order valence-electron chi connectivity index (χ4n) is 2.71. The van der Waals surface area contributed by atoms with Crippen molar-refractivity contribution in [2.75, 3.05) is 0 Å². The zero-order chi connectivity index (χ0) is 16.7. The quantitative estimate of drug-likeness (QED) is 0.609. The lowest BCUT2D eigenvalue weighted by molar-refractivity contribution is 0.432. The number of nitrogens with zero attached hydrogens (tertiary/aromatic N) is 2. The highest BCUT2D eigenvalue weighted by atomic mass is 16.5. The number of aryl methyl sites for hydroxylation is 2. The Hall–Kier alpha value is -3.21. The fourth-order valence-corrected chi connectivity index (χ4v) is 2.71. The first kappa shape index (κ1) is 14.4. The molecule has 0 aliphatic carbocycles. The number of pyridine rings is 1. The Morgan fingerprint density at radius 3 is 2.67 bits per heavy atom. The summed E-state index contributed by atoms with van der Waals surface area (Å²) < 4.78 is 5.33. The van der Waals surface area contributed by atoms with Crippen LogP contribution in [0.5, 0.6) is 0 Å². The summed E-state index contributed by atoms with van der Waals surface area (Å²) in [4.78, 5) is 19.6. The van der Waals surface area contributed by atoms with Gasteiger partial charge in [-0.25, -0.2) is 0 Å². The Kier molecular flexibility index (Phi) is 3.27. The van der Waals surface area contributed by atoms with Crippen LogP contribution < -0.4 is 5.56 Å². The first-order valence-corrected chi connectivity index (χ1v) is 7.65. The smallest absolute Gasteiger partial charge is 0.259 e. The van der Waals surface area contributed by atoms with E-state index in [1.807, 2.05) is 56.3 Å². The van der Waals surface area contributed by atoms with Crippen LogP contribution in [0.25, 0.3) is 33.7 Å². The summed E-state index contributed by atoms with van der Waals surface area (Å²) >= 11 is 0. The number of H-pyrrole nitrogens is 1. The maximum absolute atomic E-state index is 12.4. The molecule has 0 bridgehead atoms. The Bertz CT molecular complexity index is 1110. The minimum Gasteiger partial charge on any atom is -0.334 e. The van der Waals surface area contributed by atoms with Crippen molar-refractivity contribution >= 4 is 10.9 Å². The summed E-state index contributed by atoms with van der Waals surface area (Å²) in [6, 6.07) is 15.5. The predicted octanol–water partition coefficient (Wildman–Crippen LogP) is 3.86. The van der Waals surface area contributed by atoms with Crippen molar-refractivity contribution in [1.29, 1.82) is 0 Å². The van der Waals surface area contributed by atoms with E-state index in [-0.39, 0.29) is 11.4 Å². The van der Waals surface area contributed by atoms with Crippen molar-refractivity contribution in [3.63, 3.8) is 0 Å². The molecule has 4 rings (SSSR count). The Balaban J connectivity index is 1.82. The fraction of sp³-hybridized carbons (Fsp3) is 0.105. The summed E-state index contributed by atoms with van der Waals surface area (Å²) in [5, 5.41) is 4.90. The minimum atomic E-state index is -0.232. The molecule has 0 aliphatic rings. The summed E-state index contributed by atoms with van der Waals surface area (Å²) in [6.45, 7) is 3.98. The Morgan fingerprint density at radius 2 is 1.83 bits per heavy atom. The number of aromatic nitrogens is 3. The van der Waals surface area contributed by atoms with Crippen LogP contribution in [-0.2, 0) is 0 Å². The molecule has 2 heterocycles. The lowest BCUT2D eigenvalue weighted by Crippen LogP contribution is -2.09. The van der Waals surface area contributed by atoms with Crippen molar-refractivity contribution in [3.8, 4) is 22.8 Å². The average molecular weight is 317 g/mol. The van der Waals surface area contributed by atoms with E-state index < -0.39 is 0 Å². The van der Waals surface area contributed by atoms with Crippen molar-refractivity contribution in [3.05, 3.63) is 70.0 Å². The van der Waals surface area contributed by atoms with Gasteiger partial charge in [0.05, 0.1) is 5.56 Å². The highest BCUT2D eigenvalue weighted by Gasteiger charge is 2.14. The van der Waals surface area contributed by atoms with Crippen LogP contribution in [-0.4, -0.2) is 15.1 Å². The van der Waals surface area contributed by atoms with Crippen molar-refractivity contribution in [2.24, 2.45) is 0 Å². The minimum absolute atomic E-state index is 0.232. The van der Waals surface area contributed by atoms with E-state index in [1.165, 1.54) is 0 Å². The molecule has 5 heteroatoms. The molecule has 118 valence electrons. The molecule has 0 aliphatic heterocycles. The van der Waals surface area contributed by atoms with E-state index in [9.17, 15) is 4.79 Å². The van der Waals surface area contributed by atoms with E-state index in [4.69, 9.17) is 4.52 Å². The third-order valence-electron chi connectivity index (χ3n) is 3.93. The highest BCUT2D eigenvalue weighted by Crippen LogP contribution is 2.23. The second-order valence-corrected chi connectivity index (χ2v) is 5.90. The molecule has 0 fully saturated rings. The monoisotopic (exact) mass is 317 g/mol. The van der Waals surface area contributed by atoms with Gasteiger partial charge in [0.25, 0.3) is 11.4 Å². The van der Waals surface area contributed by atoms with Gasteiger partial charge >= 0.3 is 0 Å². The van der Waals surface area contributed by atoms with Crippen LogP contribution in [0.1, 0.15) is 11.1 Å². The number of fused-ring (bicyclic) bond motifs is 1. The number of hydrogen-bond acceptors (Lipinski definition) is 4. The number of hydrogen-bond donors (Lipinski definition) is 1. The summed E-state index contributed by atoms with van der Waals surface area (Å²) in [5.74, 6) is 0.687. The van der Waals surface area contributed by atoms with Crippen LogP contribution in [0.4, 0.5) is 0 Å². The van der Waals surface area contributed by atoms with Gasteiger partial charge in [-0.15, -0.1) is 0 Å². The standard InChI is InChI=1S/C19H15N3O2/c1-11-4-3-5-14(8-11)19-21-17(22-24-19)15-10-13-7-6-12(2)9-16(13)20-18(15)23/h3-10H,1-2H3,(H,20,23). The lowest BCUT2D eigenvalue weighted by atomic mass is 10.1. The van der Waals surface area contributed by atoms with Gasteiger partial charge in [-0.2, -0.15) is 4.98 Å². The predicted molar refractivity (Wildman–Crippen MR) is 92.8 cm³/mol. The SMILES string of the molecule is Cc1cccc(-c2nc(-c3cc4ccc(C)cc4[nH]c3=O)no2)c1.